The van der Waals surface area contributed by atoms with Crippen molar-refractivity contribution in [2.45, 2.75) is 51.3 Å². The van der Waals surface area contributed by atoms with E-state index in [1.165, 1.54) is 12.8 Å². The predicted octanol–water partition coefficient (Wildman–Crippen LogP) is 4.30. The van der Waals surface area contributed by atoms with Crippen LogP contribution in [0.25, 0.3) is 0 Å². The Morgan fingerprint density at radius 2 is 2.06 bits per heavy atom. The molecule has 0 unspecified atom stereocenters. The third-order valence-corrected chi connectivity index (χ3v) is 3.57. The van der Waals surface area contributed by atoms with E-state index in [1.807, 2.05) is 6.07 Å². The highest BCUT2D eigenvalue weighted by Gasteiger charge is 2.21. The molecule has 0 spiro atoms. The first-order valence-electron chi connectivity index (χ1n) is 6.69. The molecule has 1 aliphatic rings. The third-order valence-electron chi connectivity index (χ3n) is 3.26. The van der Waals surface area contributed by atoms with Gasteiger partial charge in [0.05, 0.1) is 12.3 Å². The Labute approximate surface area is 115 Å². The minimum absolute atomic E-state index is 0.0245. The Morgan fingerprint density at radius 3 is 2.61 bits per heavy atom. The molecule has 2 nitrogen and oxygen atoms in total. The number of ether oxygens (including phenoxy) is 1. The molecule has 0 amide bonds. The maximum absolute atomic E-state index is 5.93. The second kappa shape index (κ2) is 5.48. The van der Waals surface area contributed by atoms with E-state index in [0.29, 0.717) is 5.88 Å². The van der Waals surface area contributed by atoms with Crippen molar-refractivity contribution in [3.05, 3.63) is 23.4 Å². The fourth-order valence-electron chi connectivity index (χ4n) is 1.83. The molecule has 0 N–H and O–H groups in total. The fourth-order valence-corrected chi connectivity index (χ4v) is 1.99. The van der Waals surface area contributed by atoms with Crippen LogP contribution < -0.4 is 4.74 Å². The summed E-state index contributed by atoms with van der Waals surface area (Å²) >= 11 is 5.93. The van der Waals surface area contributed by atoms with Crippen LogP contribution in [0.3, 0.4) is 0 Å². The van der Waals surface area contributed by atoms with Crippen LogP contribution in [0, 0.1) is 5.92 Å². The van der Waals surface area contributed by atoms with E-state index in [1.54, 1.807) is 0 Å². The van der Waals surface area contributed by atoms with E-state index < -0.39 is 0 Å². The van der Waals surface area contributed by atoms with Crippen molar-refractivity contribution in [2.24, 2.45) is 5.92 Å². The van der Waals surface area contributed by atoms with Gasteiger partial charge >= 0.3 is 0 Å². The van der Waals surface area contributed by atoms with E-state index in [-0.39, 0.29) is 5.41 Å². The molecule has 1 aliphatic carbocycles. The highest BCUT2D eigenvalue weighted by molar-refractivity contribution is 6.17. The minimum atomic E-state index is 0.0245. The molecule has 1 aromatic heterocycles. The number of pyridine rings is 1. The first-order valence-corrected chi connectivity index (χ1v) is 7.22. The van der Waals surface area contributed by atoms with Crippen LogP contribution in [-0.4, -0.2) is 11.6 Å². The number of aromatic nitrogens is 1. The van der Waals surface area contributed by atoms with Crippen molar-refractivity contribution in [3.63, 3.8) is 0 Å². The summed E-state index contributed by atoms with van der Waals surface area (Å²) in [6, 6.07) is 4.02. The lowest BCUT2D eigenvalue weighted by molar-refractivity contribution is 0.289. The van der Waals surface area contributed by atoms with Gasteiger partial charge in [0.25, 0.3) is 0 Å². The zero-order valence-corrected chi connectivity index (χ0v) is 12.3. The number of alkyl halides is 1. The monoisotopic (exact) mass is 267 g/mol. The lowest BCUT2D eigenvalue weighted by Gasteiger charge is -2.19. The summed E-state index contributed by atoms with van der Waals surface area (Å²) in [6.45, 7) is 7.23. The van der Waals surface area contributed by atoms with Gasteiger partial charge in [0.2, 0.25) is 5.88 Å². The van der Waals surface area contributed by atoms with Crippen LogP contribution in [0.1, 0.15) is 51.3 Å². The van der Waals surface area contributed by atoms with Crippen LogP contribution in [0.5, 0.6) is 5.88 Å². The quantitative estimate of drug-likeness (QED) is 0.742. The summed E-state index contributed by atoms with van der Waals surface area (Å²) in [5.74, 6) is 2.12. The molecule has 3 heteroatoms. The van der Waals surface area contributed by atoms with Crippen molar-refractivity contribution >= 4 is 11.6 Å². The third kappa shape index (κ3) is 3.88. The number of rotatable bonds is 5. The second-order valence-corrected chi connectivity index (χ2v) is 6.43. The van der Waals surface area contributed by atoms with Crippen LogP contribution in [0.2, 0.25) is 0 Å². The molecular formula is C15H22ClNO. The Bertz CT molecular complexity index is 407. The van der Waals surface area contributed by atoms with E-state index in [4.69, 9.17) is 16.3 Å². The van der Waals surface area contributed by atoms with Gasteiger partial charge < -0.3 is 4.74 Å². The van der Waals surface area contributed by atoms with Crippen molar-refractivity contribution in [2.75, 3.05) is 6.61 Å². The predicted molar refractivity (Wildman–Crippen MR) is 75.3 cm³/mol. The Hall–Kier alpha value is -0.760. The highest BCUT2D eigenvalue weighted by atomic mass is 35.5. The van der Waals surface area contributed by atoms with Crippen LogP contribution in [0.15, 0.2) is 12.1 Å². The summed E-state index contributed by atoms with van der Waals surface area (Å²) in [4.78, 5) is 4.59. The molecule has 0 radical (unpaired) electrons. The summed E-state index contributed by atoms with van der Waals surface area (Å²) in [6.07, 6.45) is 3.88. The number of hydrogen-bond acceptors (Lipinski definition) is 2. The molecule has 0 atom stereocenters. The van der Waals surface area contributed by atoms with Gasteiger partial charge in [-0.25, -0.2) is 4.98 Å². The van der Waals surface area contributed by atoms with Crippen LogP contribution in [0.4, 0.5) is 0 Å². The standard InChI is InChI=1S/C15H22ClNO/c1-15(2,3)13-8-12(10-16)9-14(17-13)18-7-6-11-4-5-11/h8-9,11H,4-7,10H2,1-3H3. The van der Waals surface area contributed by atoms with Gasteiger partial charge in [-0.2, -0.15) is 0 Å². The van der Waals surface area contributed by atoms with Gasteiger partial charge in [0.1, 0.15) is 0 Å². The highest BCUT2D eigenvalue weighted by Crippen LogP contribution is 2.32. The first-order chi connectivity index (χ1) is 8.49. The number of halogens is 1. The molecule has 100 valence electrons. The van der Waals surface area contributed by atoms with Gasteiger partial charge in [-0.15, -0.1) is 11.6 Å². The smallest absolute Gasteiger partial charge is 0.213 e. The average molecular weight is 268 g/mol. The van der Waals surface area contributed by atoms with E-state index in [2.05, 4.69) is 31.8 Å². The zero-order chi connectivity index (χ0) is 13.2. The van der Waals surface area contributed by atoms with Gasteiger partial charge in [-0.1, -0.05) is 33.6 Å². The molecule has 1 heterocycles. The Kier molecular flexibility index (Phi) is 4.16. The Morgan fingerprint density at radius 1 is 1.33 bits per heavy atom. The lowest BCUT2D eigenvalue weighted by Crippen LogP contribution is -2.15. The largest absolute Gasteiger partial charge is 0.478 e. The van der Waals surface area contributed by atoms with Gasteiger partial charge in [0.15, 0.2) is 0 Å². The molecule has 1 fully saturated rings. The fraction of sp³-hybridized carbons (Fsp3) is 0.667. The molecule has 1 aromatic rings. The Balaban J connectivity index is 2.07. The SMILES string of the molecule is CC(C)(C)c1cc(CCl)cc(OCCC2CC2)n1. The van der Waals surface area contributed by atoms with Crippen molar-refractivity contribution in [1.29, 1.82) is 0 Å². The topological polar surface area (TPSA) is 22.1 Å². The van der Waals surface area contributed by atoms with E-state index in [0.717, 1.165) is 36.1 Å². The minimum Gasteiger partial charge on any atom is -0.478 e. The molecular weight excluding hydrogens is 246 g/mol. The summed E-state index contributed by atoms with van der Waals surface area (Å²) in [5, 5.41) is 0. The average Bonchev–Trinajstić information content (AvgIpc) is 3.11. The molecule has 1 saturated carbocycles. The van der Waals surface area contributed by atoms with Crippen LogP contribution >= 0.6 is 11.6 Å². The van der Waals surface area contributed by atoms with Crippen molar-refractivity contribution in [3.8, 4) is 5.88 Å². The van der Waals surface area contributed by atoms with Gasteiger partial charge in [-0.3, -0.25) is 0 Å². The second-order valence-electron chi connectivity index (χ2n) is 6.16. The zero-order valence-electron chi connectivity index (χ0n) is 11.5. The molecule has 18 heavy (non-hydrogen) atoms. The molecule has 2 rings (SSSR count). The first kappa shape index (κ1) is 13.7. The van der Waals surface area contributed by atoms with Crippen LogP contribution in [-0.2, 0) is 11.3 Å². The van der Waals surface area contributed by atoms with Gasteiger partial charge in [-0.05, 0) is 24.0 Å². The molecule has 0 bridgehead atoms. The summed E-state index contributed by atoms with van der Waals surface area (Å²) < 4.78 is 5.77. The van der Waals surface area contributed by atoms with Crippen molar-refractivity contribution in [1.82, 2.24) is 4.98 Å². The maximum atomic E-state index is 5.93. The van der Waals surface area contributed by atoms with E-state index in [9.17, 15) is 0 Å². The number of nitrogens with zero attached hydrogens (tertiary/aromatic N) is 1. The molecule has 0 aliphatic heterocycles. The van der Waals surface area contributed by atoms with E-state index >= 15 is 0 Å². The lowest BCUT2D eigenvalue weighted by atomic mass is 9.91. The maximum Gasteiger partial charge on any atom is 0.213 e. The molecule has 0 aromatic carbocycles. The van der Waals surface area contributed by atoms with Crippen molar-refractivity contribution < 1.29 is 4.74 Å². The normalized spacial score (nSPS) is 15.8. The number of hydrogen-bond donors (Lipinski definition) is 0. The molecule has 0 saturated heterocycles. The van der Waals surface area contributed by atoms with Gasteiger partial charge in [0, 0.05) is 17.4 Å². The summed E-state index contributed by atoms with van der Waals surface area (Å²) in [5.41, 5.74) is 2.15. The summed E-state index contributed by atoms with van der Waals surface area (Å²) in [7, 11) is 0.